The van der Waals surface area contributed by atoms with Crippen LogP contribution < -0.4 is 37.9 Å². The van der Waals surface area contributed by atoms with Crippen LogP contribution in [-0.4, -0.2) is 91.1 Å². The van der Waals surface area contributed by atoms with Crippen LogP contribution in [0.5, 0.6) is 46.0 Å². The largest absolute Gasteiger partial charge is 0.516 e. The van der Waals surface area contributed by atoms with Crippen molar-refractivity contribution in [3.63, 3.8) is 0 Å². The van der Waals surface area contributed by atoms with Crippen LogP contribution in [0.15, 0.2) is 72.8 Å². The van der Waals surface area contributed by atoms with Gasteiger partial charge in [-0.2, -0.15) is 0 Å². The lowest BCUT2D eigenvalue weighted by Crippen LogP contribution is -2.56. The molecule has 320 valence electrons. The van der Waals surface area contributed by atoms with E-state index in [1.54, 1.807) is 48.5 Å². The van der Waals surface area contributed by atoms with E-state index < -0.39 is 62.6 Å². The van der Waals surface area contributed by atoms with Crippen molar-refractivity contribution in [1.29, 1.82) is 0 Å². The lowest BCUT2D eigenvalue weighted by Gasteiger charge is -2.38. The van der Waals surface area contributed by atoms with Crippen LogP contribution in [0.4, 0.5) is 19.2 Å². The van der Waals surface area contributed by atoms with Crippen LogP contribution in [0, 0.1) is 27.7 Å². The van der Waals surface area contributed by atoms with Gasteiger partial charge in [0.25, 0.3) is 0 Å². The molecule has 5 rings (SSSR count). The molecule has 18 nitrogen and oxygen atoms in total. The molecule has 4 aromatic carbocycles. The molecule has 4 aromatic rings. The first-order valence-electron chi connectivity index (χ1n) is 18.1. The molecule has 0 N–H and O–H groups in total. The van der Waals surface area contributed by atoms with Crippen molar-refractivity contribution in [2.45, 2.75) is 52.5 Å². The molecule has 1 fully saturated rings. The van der Waals surface area contributed by atoms with E-state index in [2.05, 4.69) is 0 Å². The zero-order valence-electron chi connectivity index (χ0n) is 34.0. The van der Waals surface area contributed by atoms with E-state index in [1.165, 1.54) is 52.7 Å². The van der Waals surface area contributed by atoms with Crippen molar-refractivity contribution < 1.29 is 85.5 Å². The Bertz CT molecular complexity index is 2000. The fourth-order valence-corrected chi connectivity index (χ4v) is 5.48. The molecule has 1 heterocycles. The number of rotatable bonds is 14. The lowest BCUT2D eigenvalue weighted by atomic mass is 10.2. The number of methoxy groups -OCH3 is 4. The summed E-state index contributed by atoms with van der Waals surface area (Å²) in [6.45, 7) is 5.81. The molecule has 0 radical (unpaired) electrons. The summed E-state index contributed by atoms with van der Waals surface area (Å²) in [7, 11) is 5.56. The minimum atomic E-state index is -1.77. The average molecular weight is 837 g/mol. The Kier molecular flexibility index (Phi) is 15.2. The molecule has 1 saturated heterocycles. The molecule has 1 aliphatic heterocycles. The number of hydrogen-bond acceptors (Lipinski definition) is 18. The van der Waals surface area contributed by atoms with E-state index in [4.69, 9.17) is 66.3 Å². The van der Waals surface area contributed by atoms with Gasteiger partial charge in [0.15, 0.2) is 58.2 Å². The third kappa shape index (κ3) is 12.1. The smallest absolute Gasteiger partial charge is 0.493 e. The molecule has 1 aliphatic rings. The van der Waals surface area contributed by atoms with Crippen LogP contribution in [0.25, 0.3) is 0 Å². The first kappa shape index (κ1) is 44.2. The van der Waals surface area contributed by atoms with Gasteiger partial charge in [-0.1, -0.05) is 24.3 Å². The standard InChI is InChI=1S/C42H44O18/c1-23-9-13-27(31(17-23)47-5)55-39(43)51-21-35-37(59-41(45)57-29-15-11-25(3)19-33(29)49-7)54-36(22-52-40(44)56-28-14-10-24(2)18-32(28)48-6)38(53-35)60-42(46)58-30-16-12-26(4)20-34(30)50-8/h9-20,35-38H,21-22H2,1-8H3/t35-,36+,37-,38+. The van der Waals surface area contributed by atoms with E-state index >= 15 is 0 Å². The molecule has 0 aliphatic carbocycles. The molecule has 0 spiro atoms. The van der Waals surface area contributed by atoms with Gasteiger partial charge < -0.3 is 66.3 Å². The summed E-state index contributed by atoms with van der Waals surface area (Å²) in [5.41, 5.74) is 3.30. The molecule has 60 heavy (non-hydrogen) atoms. The van der Waals surface area contributed by atoms with Gasteiger partial charge >= 0.3 is 24.6 Å². The summed E-state index contributed by atoms with van der Waals surface area (Å²) in [4.78, 5) is 52.4. The first-order valence-corrected chi connectivity index (χ1v) is 18.1. The van der Waals surface area contributed by atoms with Gasteiger partial charge in [0.2, 0.25) is 12.6 Å². The minimum Gasteiger partial charge on any atom is -0.493 e. The summed E-state index contributed by atoms with van der Waals surface area (Å²) in [6.07, 6.45) is -11.7. The van der Waals surface area contributed by atoms with Crippen molar-refractivity contribution in [3.05, 3.63) is 95.1 Å². The summed E-state index contributed by atoms with van der Waals surface area (Å²) in [5.74, 6) is 1.01. The Morgan fingerprint density at radius 2 is 0.683 bits per heavy atom. The highest BCUT2D eigenvalue weighted by atomic mass is 16.9. The molecule has 0 amide bonds. The van der Waals surface area contributed by atoms with Gasteiger partial charge in [0.05, 0.1) is 28.4 Å². The second-order valence-electron chi connectivity index (χ2n) is 13.0. The van der Waals surface area contributed by atoms with E-state index in [1.807, 2.05) is 27.7 Å². The second-order valence-corrected chi connectivity index (χ2v) is 13.0. The zero-order valence-corrected chi connectivity index (χ0v) is 34.0. The minimum absolute atomic E-state index is 0.00194. The quantitative estimate of drug-likeness (QED) is 0.0684. The maximum atomic E-state index is 13.2. The monoisotopic (exact) mass is 836 g/mol. The van der Waals surface area contributed by atoms with E-state index in [-0.39, 0.29) is 46.0 Å². The Hall–Kier alpha value is -6.92. The van der Waals surface area contributed by atoms with Gasteiger partial charge in [0, 0.05) is 0 Å². The van der Waals surface area contributed by atoms with Crippen LogP contribution in [0.1, 0.15) is 22.3 Å². The van der Waals surface area contributed by atoms with Crippen molar-refractivity contribution in [1.82, 2.24) is 0 Å². The topological polar surface area (TPSA) is 197 Å². The maximum Gasteiger partial charge on any atom is 0.516 e. The predicted molar refractivity (Wildman–Crippen MR) is 206 cm³/mol. The third-order valence-corrected chi connectivity index (χ3v) is 8.43. The van der Waals surface area contributed by atoms with Crippen LogP contribution in [0.3, 0.4) is 0 Å². The van der Waals surface area contributed by atoms with Gasteiger partial charge in [-0.05, 0) is 98.5 Å². The Morgan fingerprint density at radius 1 is 0.417 bits per heavy atom. The summed E-state index contributed by atoms with van der Waals surface area (Å²) in [6, 6.07) is 19.2. The Labute approximate surface area is 344 Å². The van der Waals surface area contributed by atoms with Crippen molar-refractivity contribution in [2.75, 3.05) is 41.7 Å². The molecule has 18 heteroatoms. The highest BCUT2D eigenvalue weighted by Crippen LogP contribution is 2.33. The van der Waals surface area contributed by atoms with Crippen LogP contribution in [0.2, 0.25) is 0 Å². The molecule has 4 atom stereocenters. The van der Waals surface area contributed by atoms with Crippen molar-refractivity contribution in [3.8, 4) is 46.0 Å². The number of ether oxygens (including phenoxy) is 14. The van der Waals surface area contributed by atoms with Crippen molar-refractivity contribution in [2.24, 2.45) is 0 Å². The van der Waals surface area contributed by atoms with Crippen molar-refractivity contribution >= 4 is 24.6 Å². The number of benzene rings is 4. The SMILES string of the molecule is COc1cc(C)ccc1OC(=O)OC[C@@H]1O[C@H](OC(=O)Oc2ccc(C)cc2OC)[C@@H](COC(=O)Oc2ccc(C)cc2OC)O[C@H]1OC(=O)Oc1ccc(C)cc1OC. The van der Waals surface area contributed by atoms with Gasteiger partial charge in [0.1, 0.15) is 13.2 Å². The molecule has 0 bridgehead atoms. The van der Waals surface area contributed by atoms with Gasteiger partial charge in [-0.25, -0.2) is 19.2 Å². The first-order chi connectivity index (χ1) is 28.8. The van der Waals surface area contributed by atoms with Gasteiger partial charge in [-0.3, -0.25) is 0 Å². The summed E-state index contributed by atoms with van der Waals surface area (Å²) >= 11 is 0. The highest BCUT2D eigenvalue weighted by molar-refractivity contribution is 5.68. The molecule has 0 saturated carbocycles. The van der Waals surface area contributed by atoms with Crippen LogP contribution >= 0.6 is 0 Å². The van der Waals surface area contributed by atoms with E-state index in [9.17, 15) is 19.2 Å². The Morgan fingerprint density at radius 3 is 0.950 bits per heavy atom. The van der Waals surface area contributed by atoms with Crippen LogP contribution in [-0.2, 0) is 28.4 Å². The number of hydrogen-bond donors (Lipinski definition) is 0. The maximum absolute atomic E-state index is 13.2. The normalized spacial score (nSPS) is 16.9. The number of carbonyl (C=O) groups is 4. The lowest BCUT2D eigenvalue weighted by molar-refractivity contribution is -0.338. The number of carbonyl (C=O) groups excluding carboxylic acids is 4. The average Bonchev–Trinajstić information content (AvgIpc) is 3.22. The molecule has 0 aromatic heterocycles. The third-order valence-electron chi connectivity index (χ3n) is 8.43. The fourth-order valence-electron chi connectivity index (χ4n) is 5.48. The fraction of sp³-hybridized carbons (Fsp3) is 0.333. The molecule has 0 unspecified atom stereocenters. The zero-order chi connectivity index (χ0) is 43.3. The molecular weight excluding hydrogens is 792 g/mol. The highest BCUT2D eigenvalue weighted by Gasteiger charge is 2.45. The predicted octanol–water partition coefficient (Wildman–Crippen LogP) is 7.55. The summed E-state index contributed by atoms with van der Waals surface area (Å²) < 4.78 is 76.4. The number of aryl methyl sites for hydroxylation is 4. The molecular formula is C42H44O18. The summed E-state index contributed by atoms with van der Waals surface area (Å²) in [5, 5.41) is 0. The Balaban J connectivity index is 1.39. The second kappa shape index (κ2) is 20.7. The van der Waals surface area contributed by atoms with E-state index in [0.29, 0.717) is 0 Å². The van der Waals surface area contributed by atoms with Gasteiger partial charge in [-0.15, -0.1) is 0 Å². The van der Waals surface area contributed by atoms with E-state index in [0.717, 1.165) is 22.3 Å².